The van der Waals surface area contributed by atoms with Crippen molar-refractivity contribution in [2.24, 2.45) is 5.73 Å². The van der Waals surface area contributed by atoms with E-state index in [9.17, 15) is 4.79 Å². The van der Waals surface area contributed by atoms with E-state index in [1.807, 2.05) is 0 Å². The van der Waals surface area contributed by atoms with Gasteiger partial charge < -0.3 is 10.6 Å². The van der Waals surface area contributed by atoms with Gasteiger partial charge in [0.2, 0.25) is 5.91 Å². The second kappa shape index (κ2) is 8.60. The highest BCUT2D eigenvalue weighted by atomic mass is 35.5. The van der Waals surface area contributed by atoms with Crippen LogP contribution in [0.3, 0.4) is 0 Å². The van der Waals surface area contributed by atoms with Crippen LogP contribution in [0.1, 0.15) is 19.3 Å². The molecule has 2 fully saturated rings. The van der Waals surface area contributed by atoms with E-state index in [1.54, 1.807) is 4.90 Å². The van der Waals surface area contributed by atoms with Crippen LogP contribution in [0.25, 0.3) is 0 Å². The summed E-state index contributed by atoms with van der Waals surface area (Å²) >= 11 is 0. The molecular formula is C12H21Cl2N3O. The van der Waals surface area contributed by atoms with Crippen LogP contribution in [0, 0.1) is 11.8 Å². The van der Waals surface area contributed by atoms with E-state index in [-0.39, 0.29) is 36.8 Å². The number of rotatable bonds is 2. The summed E-state index contributed by atoms with van der Waals surface area (Å²) in [6, 6.07) is -0.291. The second-order valence-corrected chi connectivity index (χ2v) is 4.49. The second-order valence-electron chi connectivity index (χ2n) is 4.49. The zero-order chi connectivity index (χ0) is 11.4. The van der Waals surface area contributed by atoms with Crippen LogP contribution < -0.4 is 5.73 Å². The Hall–Kier alpha value is -0.470. The average Bonchev–Trinajstić information content (AvgIpc) is 2.88. The van der Waals surface area contributed by atoms with Crippen molar-refractivity contribution in [3.05, 3.63) is 0 Å². The van der Waals surface area contributed by atoms with Crippen LogP contribution in [0.15, 0.2) is 0 Å². The third kappa shape index (κ3) is 4.66. The van der Waals surface area contributed by atoms with Gasteiger partial charge in [-0.3, -0.25) is 9.69 Å². The molecule has 104 valence electrons. The van der Waals surface area contributed by atoms with Crippen LogP contribution in [0.4, 0.5) is 0 Å². The molecule has 0 aromatic carbocycles. The van der Waals surface area contributed by atoms with Gasteiger partial charge in [0.25, 0.3) is 0 Å². The van der Waals surface area contributed by atoms with Crippen LogP contribution in [0.5, 0.6) is 0 Å². The number of carbonyl (C=O) groups is 1. The molecule has 4 nitrogen and oxygen atoms in total. The van der Waals surface area contributed by atoms with E-state index >= 15 is 0 Å². The SMILES string of the molecule is Cl.Cl.NC1CCN(CC#CCN2CCCC2)C1=O. The normalized spacial score (nSPS) is 23.1. The van der Waals surface area contributed by atoms with Crippen molar-refractivity contribution in [2.45, 2.75) is 25.3 Å². The molecule has 2 saturated heterocycles. The Morgan fingerprint density at radius 1 is 1.11 bits per heavy atom. The topological polar surface area (TPSA) is 49.6 Å². The van der Waals surface area contributed by atoms with Crippen LogP contribution in [-0.4, -0.2) is 54.5 Å². The summed E-state index contributed by atoms with van der Waals surface area (Å²) in [6.45, 7) is 4.48. The van der Waals surface area contributed by atoms with Crippen molar-refractivity contribution in [3.63, 3.8) is 0 Å². The lowest BCUT2D eigenvalue weighted by atomic mass is 10.3. The predicted octanol–water partition coefficient (Wildman–Crippen LogP) is 0.489. The highest BCUT2D eigenvalue weighted by molar-refractivity contribution is 5.85. The van der Waals surface area contributed by atoms with E-state index in [0.29, 0.717) is 6.54 Å². The summed E-state index contributed by atoms with van der Waals surface area (Å²) in [4.78, 5) is 15.6. The molecule has 0 bridgehead atoms. The number of carbonyl (C=O) groups excluding carboxylic acids is 1. The molecule has 2 rings (SSSR count). The third-order valence-corrected chi connectivity index (χ3v) is 3.24. The third-order valence-electron chi connectivity index (χ3n) is 3.24. The summed E-state index contributed by atoms with van der Waals surface area (Å²) in [5, 5.41) is 0. The van der Waals surface area contributed by atoms with E-state index in [4.69, 9.17) is 5.73 Å². The van der Waals surface area contributed by atoms with Gasteiger partial charge in [-0.05, 0) is 32.4 Å². The van der Waals surface area contributed by atoms with Gasteiger partial charge in [-0.1, -0.05) is 11.8 Å². The van der Waals surface area contributed by atoms with Crippen molar-refractivity contribution in [3.8, 4) is 11.8 Å². The van der Waals surface area contributed by atoms with Gasteiger partial charge >= 0.3 is 0 Å². The highest BCUT2D eigenvalue weighted by Crippen LogP contribution is 2.08. The number of halogens is 2. The lowest BCUT2D eigenvalue weighted by Gasteiger charge is -2.12. The highest BCUT2D eigenvalue weighted by Gasteiger charge is 2.27. The Kier molecular flexibility index (Phi) is 8.38. The number of nitrogens with two attached hydrogens (primary N) is 1. The summed E-state index contributed by atoms with van der Waals surface area (Å²) in [6.07, 6.45) is 3.36. The van der Waals surface area contributed by atoms with E-state index < -0.39 is 0 Å². The Morgan fingerprint density at radius 3 is 2.28 bits per heavy atom. The summed E-state index contributed by atoms with van der Waals surface area (Å²) in [5.41, 5.74) is 5.62. The quantitative estimate of drug-likeness (QED) is 0.754. The lowest BCUT2D eigenvalue weighted by Crippen LogP contribution is -2.34. The van der Waals surface area contributed by atoms with Gasteiger partial charge in [0, 0.05) is 6.54 Å². The van der Waals surface area contributed by atoms with Crippen LogP contribution in [-0.2, 0) is 4.79 Å². The molecule has 2 aliphatic heterocycles. The fourth-order valence-corrected chi connectivity index (χ4v) is 2.18. The largest absolute Gasteiger partial charge is 0.330 e. The first-order valence-electron chi connectivity index (χ1n) is 6.00. The molecule has 0 aromatic rings. The zero-order valence-electron chi connectivity index (χ0n) is 10.4. The zero-order valence-corrected chi connectivity index (χ0v) is 12.1. The first-order valence-corrected chi connectivity index (χ1v) is 6.00. The average molecular weight is 294 g/mol. The van der Waals surface area contributed by atoms with Gasteiger partial charge in [-0.15, -0.1) is 24.8 Å². The molecule has 0 saturated carbocycles. The molecule has 0 radical (unpaired) electrons. The minimum absolute atomic E-state index is 0. The maximum atomic E-state index is 11.5. The van der Waals surface area contributed by atoms with Crippen molar-refractivity contribution >= 4 is 30.7 Å². The smallest absolute Gasteiger partial charge is 0.240 e. The van der Waals surface area contributed by atoms with Crippen molar-refractivity contribution in [1.29, 1.82) is 0 Å². The number of amides is 1. The molecule has 18 heavy (non-hydrogen) atoms. The summed E-state index contributed by atoms with van der Waals surface area (Å²) in [7, 11) is 0. The van der Waals surface area contributed by atoms with Gasteiger partial charge in [-0.2, -0.15) is 0 Å². The minimum Gasteiger partial charge on any atom is -0.330 e. The van der Waals surface area contributed by atoms with Gasteiger partial charge in [-0.25, -0.2) is 0 Å². The van der Waals surface area contributed by atoms with Crippen molar-refractivity contribution < 1.29 is 4.79 Å². The molecule has 2 heterocycles. The Balaban J connectivity index is 0.00000144. The fourth-order valence-electron chi connectivity index (χ4n) is 2.18. The van der Waals surface area contributed by atoms with E-state index in [0.717, 1.165) is 19.5 Å². The van der Waals surface area contributed by atoms with Crippen molar-refractivity contribution in [1.82, 2.24) is 9.80 Å². The monoisotopic (exact) mass is 293 g/mol. The number of hydrogen-bond acceptors (Lipinski definition) is 3. The van der Waals surface area contributed by atoms with Crippen molar-refractivity contribution in [2.75, 3.05) is 32.7 Å². The van der Waals surface area contributed by atoms with Crippen LogP contribution >= 0.6 is 24.8 Å². The molecule has 0 spiro atoms. The maximum Gasteiger partial charge on any atom is 0.240 e. The molecule has 0 aliphatic carbocycles. The molecular weight excluding hydrogens is 273 g/mol. The van der Waals surface area contributed by atoms with E-state index in [2.05, 4.69) is 16.7 Å². The first kappa shape index (κ1) is 17.5. The van der Waals surface area contributed by atoms with Gasteiger partial charge in [0.1, 0.15) is 0 Å². The van der Waals surface area contributed by atoms with Crippen LogP contribution in [0.2, 0.25) is 0 Å². The Labute approximate surface area is 121 Å². The number of likely N-dealkylation sites (tertiary alicyclic amines) is 2. The molecule has 2 aliphatic rings. The number of nitrogens with zero attached hydrogens (tertiary/aromatic N) is 2. The fraction of sp³-hybridized carbons (Fsp3) is 0.750. The Morgan fingerprint density at radius 2 is 1.72 bits per heavy atom. The molecule has 6 heteroatoms. The molecule has 0 aromatic heterocycles. The molecule has 1 amide bonds. The van der Waals surface area contributed by atoms with Gasteiger partial charge in [0.05, 0.1) is 19.1 Å². The van der Waals surface area contributed by atoms with E-state index in [1.165, 1.54) is 25.9 Å². The molecule has 1 atom stereocenters. The first-order chi connectivity index (χ1) is 7.77. The molecule has 2 N–H and O–H groups in total. The number of hydrogen-bond donors (Lipinski definition) is 1. The molecule has 1 unspecified atom stereocenters. The summed E-state index contributed by atoms with van der Waals surface area (Å²) in [5.74, 6) is 6.25. The summed E-state index contributed by atoms with van der Waals surface area (Å²) < 4.78 is 0. The maximum absolute atomic E-state index is 11.5. The predicted molar refractivity (Wildman–Crippen MR) is 77.1 cm³/mol. The lowest BCUT2D eigenvalue weighted by molar-refractivity contribution is -0.128. The minimum atomic E-state index is -0.291. The Bertz CT molecular complexity index is 321. The van der Waals surface area contributed by atoms with Gasteiger partial charge in [0.15, 0.2) is 0 Å². The standard InChI is InChI=1S/C12H19N3O.2ClH/c13-11-5-10-15(12(11)16)9-4-3-8-14-6-1-2-7-14;;/h11H,1-2,5-10,13H2;2*1H.